The summed E-state index contributed by atoms with van der Waals surface area (Å²) in [6, 6.07) is 0. The van der Waals surface area contributed by atoms with Gasteiger partial charge in [0.25, 0.3) is 0 Å². The molecule has 0 amide bonds. The number of aromatic nitrogens is 4. The minimum Gasteiger partial charge on any atom is -0.466 e. The normalized spacial score (nSPS) is 10.1. The fourth-order valence-electron chi connectivity index (χ4n) is 1.07. The Balaban J connectivity index is 2.02. The largest absolute Gasteiger partial charge is 0.466 e. The molecule has 1 heterocycles. The molecule has 0 spiro atoms. The van der Waals surface area contributed by atoms with Crippen molar-refractivity contribution in [2.75, 3.05) is 6.61 Å². The Hall–Kier alpha value is -1.46. The fraction of sp³-hybridized carbons (Fsp3) is 0.750. The van der Waals surface area contributed by atoms with E-state index in [1.54, 1.807) is 6.92 Å². The Labute approximate surface area is 82.0 Å². The van der Waals surface area contributed by atoms with Crippen molar-refractivity contribution in [1.29, 1.82) is 0 Å². The topological polar surface area (TPSA) is 80.8 Å². The van der Waals surface area contributed by atoms with E-state index < -0.39 is 0 Å². The summed E-state index contributed by atoms with van der Waals surface area (Å²) in [7, 11) is 0. The van der Waals surface area contributed by atoms with E-state index in [0.717, 1.165) is 19.3 Å². The standard InChI is InChI=1S/C8H14N4O2/c1-2-14-8(13)6-4-3-5-7-9-11-12-10-7/h2-6H2,1H3,(H,9,10,11,12). The molecule has 0 aromatic carbocycles. The Morgan fingerprint density at radius 2 is 2.36 bits per heavy atom. The molecule has 0 atom stereocenters. The van der Waals surface area contributed by atoms with E-state index in [-0.39, 0.29) is 5.97 Å². The molecule has 0 aliphatic rings. The van der Waals surface area contributed by atoms with Crippen LogP contribution in [0, 0.1) is 0 Å². The summed E-state index contributed by atoms with van der Waals surface area (Å²) in [5.74, 6) is 0.550. The predicted molar refractivity (Wildman–Crippen MR) is 48.4 cm³/mol. The van der Waals surface area contributed by atoms with Crippen molar-refractivity contribution >= 4 is 5.97 Å². The number of esters is 1. The number of nitrogens with one attached hydrogen (secondary N) is 1. The third-order valence-electron chi connectivity index (χ3n) is 1.73. The number of carbonyl (C=O) groups excluding carboxylic acids is 1. The van der Waals surface area contributed by atoms with Gasteiger partial charge in [0.05, 0.1) is 6.61 Å². The summed E-state index contributed by atoms with van der Waals surface area (Å²) in [5.41, 5.74) is 0. The molecule has 1 N–H and O–H groups in total. The van der Waals surface area contributed by atoms with Gasteiger partial charge in [-0.1, -0.05) is 5.21 Å². The molecule has 78 valence electrons. The van der Waals surface area contributed by atoms with Gasteiger partial charge in [-0.05, 0) is 19.8 Å². The summed E-state index contributed by atoms with van der Waals surface area (Å²) in [6.45, 7) is 2.25. The third kappa shape index (κ3) is 3.97. The van der Waals surface area contributed by atoms with Gasteiger partial charge in [0, 0.05) is 12.8 Å². The molecule has 0 saturated carbocycles. The highest BCUT2D eigenvalue weighted by Crippen LogP contribution is 2.01. The first-order chi connectivity index (χ1) is 6.83. The van der Waals surface area contributed by atoms with Crippen LogP contribution in [0.2, 0.25) is 0 Å². The molecular weight excluding hydrogens is 184 g/mol. The van der Waals surface area contributed by atoms with Crippen LogP contribution in [0.25, 0.3) is 0 Å². The molecule has 0 aliphatic heterocycles. The maximum atomic E-state index is 10.9. The van der Waals surface area contributed by atoms with Crippen molar-refractivity contribution < 1.29 is 9.53 Å². The van der Waals surface area contributed by atoms with Gasteiger partial charge in [0.15, 0.2) is 5.82 Å². The Morgan fingerprint density at radius 3 is 3.00 bits per heavy atom. The molecule has 1 rings (SSSR count). The maximum Gasteiger partial charge on any atom is 0.305 e. The first-order valence-electron chi connectivity index (χ1n) is 4.71. The lowest BCUT2D eigenvalue weighted by molar-refractivity contribution is -0.143. The second-order valence-corrected chi connectivity index (χ2v) is 2.84. The van der Waals surface area contributed by atoms with Crippen LogP contribution in [-0.2, 0) is 16.0 Å². The second kappa shape index (κ2) is 6.06. The number of hydrogen-bond acceptors (Lipinski definition) is 5. The zero-order valence-corrected chi connectivity index (χ0v) is 8.19. The zero-order valence-electron chi connectivity index (χ0n) is 8.19. The van der Waals surface area contributed by atoms with Crippen molar-refractivity contribution in [2.45, 2.75) is 32.6 Å². The molecule has 0 radical (unpaired) electrons. The van der Waals surface area contributed by atoms with E-state index in [4.69, 9.17) is 4.74 Å². The van der Waals surface area contributed by atoms with Crippen molar-refractivity contribution in [1.82, 2.24) is 20.6 Å². The van der Waals surface area contributed by atoms with Crippen LogP contribution < -0.4 is 0 Å². The molecule has 1 aromatic rings. The first kappa shape index (κ1) is 10.6. The number of ether oxygens (including phenoxy) is 1. The molecule has 1 aromatic heterocycles. The number of aryl methyl sites for hydroxylation is 1. The fourth-order valence-corrected chi connectivity index (χ4v) is 1.07. The van der Waals surface area contributed by atoms with Gasteiger partial charge >= 0.3 is 5.97 Å². The first-order valence-corrected chi connectivity index (χ1v) is 4.71. The lowest BCUT2D eigenvalue weighted by Crippen LogP contribution is -2.03. The number of tetrazole rings is 1. The van der Waals surface area contributed by atoms with Crippen LogP contribution in [0.3, 0.4) is 0 Å². The summed E-state index contributed by atoms with van der Waals surface area (Å²) in [5, 5.41) is 13.4. The predicted octanol–water partition coefficient (Wildman–Crippen LogP) is 0.476. The van der Waals surface area contributed by atoms with Gasteiger partial charge in [-0.15, -0.1) is 10.2 Å². The number of nitrogens with zero attached hydrogens (tertiary/aromatic N) is 3. The number of hydrogen-bond donors (Lipinski definition) is 1. The zero-order chi connectivity index (χ0) is 10.2. The lowest BCUT2D eigenvalue weighted by Gasteiger charge is -1.99. The molecule has 6 nitrogen and oxygen atoms in total. The van der Waals surface area contributed by atoms with Crippen LogP contribution in [0.1, 0.15) is 32.0 Å². The van der Waals surface area contributed by atoms with Crippen molar-refractivity contribution in [3.63, 3.8) is 0 Å². The van der Waals surface area contributed by atoms with Crippen LogP contribution in [-0.4, -0.2) is 33.2 Å². The lowest BCUT2D eigenvalue weighted by atomic mass is 10.2. The molecule has 0 unspecified atom stereocenters. The highest BCUT2D eigenvalue weighted by atomic mass is 16.5. The SMILES string of the molecule is CCOC(=O)CCCCc1nn[nH]n1. The Kier molecular flexibility index (Phi) is 4.60. The highest BCUT2D eigenvalue weighted by Gasteiger charge is 2.02. The number of carbonyl (C=O) groups is 1. The third-order valence-corrected chi connectivity index (χ3v) is 1.73. The average Bonchev–Trinajstić information content (AvgIpc) is 2.65. The average molecular weight is 198 g/mol. The van der Waals surface area contributed by atoms with Gasteiger partial charge in [0.2, 0.25) is 0 Å². The van der Waals surface area contributed by atoms with E-state index in [9.17, 15) is 4.79 Å². The van der Waals surface area contributed by atoms with Gasteiger partial charge in [-0.25, -0.2) is 0 Å². The second-order valence-electron chi connectivity index (χ2n) is 2.84. The van der Waals surface area contributed by atoms with Crippen LogP contribution in [0.5, 0.6) is 0 Å². The summed E-state index contributed by atoms with van der Waals surface area (Å²) >= 11 is 0. The van der Waals surface area contributed by atoms with Crippen LogP contribution >= 0.6 is 0 Å². The summed E-state index contributed by atoms with van der Waals surface area (Å²) in [6.07, 6.45) is 2.88. The van der Waals surface area contributed by atoms with E-state index in [2.05, 4.69) is 20.6 Å². The van der Waals surface area contributed by atoms with Crippen molar-refractivity contribution in [2.24, 2.45) is 0 Å². The molecule has 0 bridgehead atoms. The molecule has 0 aliphatic carbocycles. The number of H-pyrrole nitrogens is 1. The van der Waals surface area contributed by atoms with Gasteiger partial charge < -0.3 is 4.74 Å². The van der Waals surface area contributed by atoms with E-state index in [1.807, 2.05) is 0 Å². The van der Waals surface area contributed by atoms with Gasteiger partial charge in [-0.2, -0.15) is 5.21 Å². The smallest absolute Gasteiger partial charge is 0.305 e. The Morgan fingerprint density at radius 1 is 1.50 bits per heavy atom. The Bertz CT molecular complexity index is 260. The van der Waals surface area contributed by atoms with Gasteiger partial charge in [-0.3, -0.25) is 4.79 Å². The van der Waals surface area contributed by atoms with Crippen molar-refractivity contribution in [3.8, 4) is 0 Å². The summed E-state index contributed by atoms with van der Waals surface area (Å²) in [4.78, 5) is 10.9. The monoisotopic (exact) mass is 198 g/mol. The van der Waals surface area contributed by atoms with Crippen molar-refractivity contribution in [3.05, 3.63) is 5.82 Å². The minimum atomic E-state index is -0.138. The maximum absolute atomic E-state index is 10.9. The highest BCUT2D eigenvalue weighted by molar-refractivity contribution is 5.69. The number of rotatable bonds is 6. The van der Waals surface area contributed by atoms with Gasteiger partial charge in [0.1, 0.15) is 0 Å². The molecule has 6 heteroatoms. The molecule has 0 fully saturated rings. The van der Waals surface area contributed by atoms with E-state index in [0.29, 0.717) is 18.9 Å². The number of aromatic amines is 1. The molecule has 0 saturated heterocycles. The molecule has 14 heavy (non-hydrogen) atoms. The van der Waals surface area contributed by atoms with E-state index in [1.165, 1.54) is 0 Å². The van der Waals surface area contributed by atoms with Crippen LogP contribution in [0.15, 0.2) is 0 Å². The molecular formula is C8H14N4O2. The summed E-state index contributed by atoms with van der Waals surface area (Å²) < 4.78 is 4.79. The number of unbranched alkanes of at least 4 members (excludes halogenated alkanes) is 1. The quantitative estimate of drug-likeness (QED) is 0.531. The minimum absolute atomic E-state index is 0.138. The van der Waals surface area contributed by atoms with E-state index >= 15 is 0 Å². The van der Waals surface area contributed by atoms with Crippen LogP contribution in [0.4, 0.5) is 0 Å².